The third-order valence-electron chi connectivity index (χ3n) is 5.28. The number of rotatable bonds is 9. The molecule has 2 N–H and O–H groups in total. The summed E-state index contributed by atoms with van der Waals surface area (Å²) in [6.45, 7) is 5.48. The minimum atomic E-state index is 0.140. The van der Waals surface area contributed by atoms with E-state index in [-0.39, 0.29) is 5.91 Å². The number of hydrogen-bond donors (Lipinski definition) is 2. The smallest absolute Gasteiger partial charge is 0.233 e. The highest BCUT2D eigenvalue weighted by molar-refractivity contribution is 5.77. The molecule has 1 aromatic carbocycles. The molecule has 0 aromatic heterocycles. The molecule has 138 valence electrons. The second kappa shape index (κ2) is 9.20. The summed E-state index contributed by atoms with van der Waals surface area (Å²) >= 11 is 0. The Balaban J connectivity index is 1.29. The fraction of sp³-hybridized carbons (Fsp3) is 0.650. The molecule has 1 aromatic rings. The van der Waals surface area contributed by atoms with Crippen molar-refractivity contribution in [2.75, 3.05) is 39.8 Å². The lowest BCUT2D eigenvalue weighted by Crippen LogP contribution is -2.41. The van der Waals surface area contributed by atoms with Crippen molar-refractivity contribution >= 4 is 5.91 Å². The summed E-state index contributed by atoms with van der Waals surface area (Å²) in [4.78, 5) is 14.3. The van der Waals surface area contributed by atoms with Crippen molar-refractivity contribution in [3.8, 4) is 5.75 Å². The Morgan fingerprint density at radius 1 is 1.08 bits per heavy atom. The highest BCUT2D eigenvalue weighted by atomic mass is 16.5. The van der Waals surface area contributed by atoms with Crippen molar-refractivity contribution in [1.29, 1.82) is 0 Å². The molecular formula is C20H31N3O2. The highest BCUT2D eigenvalue weighted by Crippen LogP contribution is 2.27. The standard InChI is InChI=1S/C20H31N3O2/c1-25-19-6-4-18(5-7-19)15-23-10-8-17(9-11-23)13-22-20(24)14-21-12-16-2-3-16/h4-7,16-17,21H,2-3,8-15H2,1H3,(H,22,24). The van der Waals surface area contributed by atoms with Crippen molar-refractivity contribution in [2.24, 2.45) is 11.8 Å². The summed E-state index contributed by atoms with van der Waals surface area (Å²) in [5.74, 6) is 2.48. The molecule has 5 nitrogen and oxygen atoms in total. The minimum absolute atomic E-state index is 0.140. The van der Waals surface area contributed by atoms with Crippen LogP contribution in [0.2, 0.25) is 0 Å². The molecule has 0 atom stereocenters. The Bertz CT molecular complexity index is 534. The molecule has 1 saturated heterocycles. The first-order valence-electron chi connectivity index (χ1n) is 9.55. The van der Waals surface area contributed by atoms with Crippen LogP contribution >= 0.6 is 0 Å². The second-order valence-corrected chi connectivity index (χ2v) is 7.45. The van der Waals surface area contributed by atoms with Gasteiger partial charge < -0.3 is 15.4 Å². The van der Waals surface area contributed by atoms with Crippen molar-refractivity contribution in [3.63, 3.8) is 0 Å². The molecule has 25 heavy (non-hydrogen) atoms. The molecule has 0 radical (unpaired) electrons. The van der Waals surface area contributed by atoms with Gasteiger partial charge in [-0.05, 0) is 74.8 Å². The Labute approximate surface area is 151 Å². The molecule has 5 heteroatoms. The first-order valence-corrected chi connectivity index (χ1v) is 9.55. The average molecular weight is 345 g/mol. The van der Waals surface area contributed by atoms with E-state index >= 15 is 0 Å². The first kappa shape index (κ1) is 18.2. The molecule has 0 bridgehead atoms. The van der Waals surface area contributed by atoms with Gasteiger partial charge in [0, 0.05) is 13.1 Å². The maximum atomic E-state index is 11.9. The summed E-state index contributed by atoms with van der Waals surface area (Å²) in [5, 5.41) is 6.34. The van der Waals surface area contributed by atoms with Gasteiger partial charge in [0.05, 0.1) is 13.7 Å². The van der Waals surface area contributed by atoms with Gasteiger partial charge >= 0.3 is 0 Å². The molecule has 1 heterocycles. The van der Waals surface area contributed by atoms with Gasteiger partial charge in [0.15, 0.2) is 0 Å². The highest BCUT2D eigenvalue weighted by Gasteiger charge is 2.21. The minimum Gasteiger partial charge on any atom is -0.497 e. The van der Waals surface area contributed by atoms with E-state index in [0.717, 1.165) is 57.2 Å². The van der Waals surface area contributed by atoms with Crippen LogP contribution in [0.25, 0.3) is 0 Å². The van der Waals surface area contributed by atoms with Crippen molar-refractivity contribution in [1.82, 2.24) is 15.5 Å². The molecule has 1 aliphatic heterocycles. The topological polar surface area (TPSA) is 53.6 Å². The summed E-state index contributed by atoms with van der Waals surface area (Å²) in [6.07, 6.45) is 4.96. The third kappa shape index (κ3) is 6.33. The number of carbonyl (C=O) groups is 1. The van der Waals surface area contributed by atoms with Gasteiger partial charge in [-0.15, -0.1) is 0 Å². The van der Waals surface area contributed by atoms with E-state index in [0.29, 0.717) is 12.5 Å². The van der Waals surface area contributed by atoms with Crippen LogP contribution in [0, 0.1) is 11.8 Å². The van der Waals surface area contributed by atoms with Gasteiger partial charge in [-0.25, -0.2) is 0 Å². The molecule has 1 saturated carbocycles. The normalized spacial score (nSPS) is 18.9. The number of likely N-dealkylation sites (tertiary alicyclic amines) is 1. The van der Waals surface area contributed by atoms with Gasteiger partial charge in [0.25, 0.3) is 0 Å². The van der Waals surface area contributed by atoms with E-state index in [1.165, 1.54) is 18.4 Å². The summed E-state index contributed by atoms with van der Waals surface area (Å²) in [6, 6.07) is 8.32. The van der Waals surface area contributed by atoms with E-state index in [2.05, 4.69) is 27.7 Å². The lowest BCUT2D eigenvalue weighted by Gasteiger charge is -2.32. The maximum Gasteiger partial charge on any atom is 0.233 e. The van der Waals surface area contributed by atoms with Gasteiger partial charge in [-0.3, -0.25) is 9.69 Å². The molecule has 3 rings (SSSR count). The van der Waals surface area contributed by atoms with E-state index in [1.807, 2.05) is 12.1 Å². The molecule has 0 spiro atoms. The predicted octanol–water partition coefficient (Wildman–Crippen LogP) is 2.02. The van der Waals surface area contributed by atoms with Gasteiger partial charge in [-0.2, -0.15) is 0 Å². The number of amides is 1. The van der Waals surface area contributed by atoms with Crippen LogP contribution in [0.15, 0.2) is 24.3 Å². The number of nitrogens with one attached hydrogen (secondary N) is 2. The zero-order valence-electron chi connectivity index (χ0n) is 15.3. The first-order chi connectivity index (χ1) is 12.2. The van der Waals surface area contributed by atoms with Crippen molar-refractivity contribution in [3.05, 3.63) is 29.8 Å². The molecule has 2 aliphatic rings. The van der Waals surface area contributed by atoms with Crippen LogP contribution in [-0.2, 0) is 11.3 Å². The number of nitrogens with zero attached hydrogens (tertiary/aromatic N) is 1. The Hall–Kier alpha value is -1.59. The van der Waals surface area contributed by atoms with Crippen LogP contribution in [0.5, 0.6) is 5.75 Å². The molecule has 1 aliphatic carbocycles. The number of methoxy groups -OCH3 is 1. The summed E-state index contributed by atoms with van der Waals surface area (Å²) in [7, 11) is 1.70. The second-order valence-electron chi connectivity index (χ2n) is 7.45. The number of ether oxygens (including phenoxy) is 1. The van der Waals surface area contributed by atoms with E-state index in [1.54, 1.807) is 7.11 Å². The number of benzene rings is 1. The van der Waals surface area contributed by atoms with E-state index in [4.69, 9.17) is 4.74 Å². The predicted molar refractivity (Wildman–Crippen MR) is 99.6 cm³/mol. The Kier molecular flexibility index (Phi) is 6.70. The molecule has 2 fully saturated rings. The van der Waals surface area contributed by atoms with E-state index < -0.39 is 0 Å². The molecular weight excluding hydrogens is 314 g/mol. The van der Waals surface area contributed by atoms with Crippen LogP contribution in [-0.4, -0.2) is 50.6 Å². The van der Waals surface area contributed by atoms with Crippen LogP contribution in [0.3, 0.4) is 0 Å². The average Bonchev–Trinajstić information content (AvgIpc) is 3.46. The largest absolute Gasteiger partial charge is 0.497 e. The van der Waals surface area contributed by atoms with Crippen LogP contribution in [0.1, 0.15) is 31.2 Å². The van der Waals surface area contributed by atoms with Gasteiger partial charge in [0.2, 0.25) is 5.91 Å². The quantitative estimate of drug-likeness (QED) is 0.719. The monoisotopic (exact) mass is 345 g/mol. The van der Waals surface area contributed by atoms with Crippen LogP contribution < -0.4 is 15.4 Å². The summed E-state index contributed by atoms with van der Waals surface area (Å²) in [5.41, 5.74) is 1.33. The third-order valence-corrected chi connectivity index (χ3v) is 5.28. The molecule has 0 unspecified atom stereocenters. The fourth-order valence-electron chi connectivity index (χ4n) is 3.37. The SMILES string of the molecule is COc1ccc(CN2CCC(CNC(=O)CNCC3CC3)CC2)cc1. The van der Waals surface area contributed by atoms with E-state index in [9.17, 15) is 4.79 Å². The van der Waals surface area contributed by atoms with Crippen molar-refractivity contribution in [2.45, 2.75) is 32.2 Å². The lowest BCUT2D eigenvalue weighted by molar-refractivity contribution is -0.120. The maximum absolute atomic E-state index is 11.9. The van der Waals surface area contributed by atoms with Gasteiger partial charge in [0.1, 0.15) is 5.75 Å². The number of carbonyl (C=O) groups excluding carboxylic acids is 1. The number of piperidine rings is 1. The Morgan fingerprint density at radius 3 is 2.40 bits per heavy atom. The Morgan fingerprint density at radius 2 is 1.76 bits per heavy atom. The molecule has 1 amide bonds. The lowest BCUT2D eigenvalue weighted by atomic mass is 9.96. The van der Waals surface area contributed by atoms with Crippen LogP contribution in [0.4, 0.5) is 0 Å². The van der Waals surface area contributed by atoms with Gasteiger partial charge in [-0.1, -0.05) is 12.1 Å². The number of hydrogen-bond acceptors (Lipinski definition) is 4. The zero-order chi connectivity index (χ0) is 17.5. The summed E-state index contributed by atoms with van der Waals surface area (Å²) < 4.78 is 5.21. The van der Waals surface area contributed by atoms with Crippen molar-refractivity contribution < 1.29 is 9.53 Å². The zero-order valence-corrected chi connectivity index (χ0v) is 15.3. The fourth-order valence-corrected chi connectivity index (χ4v) is 3.37.